The molecule has 5 heteroatoms. The Morgan fingerprint density at radius 3 is 2.79 bits per heavy atom. The molecular formula is C19H32N4O. The number of aromatic nitrogens is 2. The second-order valence-electron chi connectivity index (χ2n) is 8.86. The van der Waals surface area contributed by atoms with Crippen molar-refractivity contribution in [1.29, 1.82) is 0 Å². The maximum absolute atomic E-state index is 13.2. The molecule has 2 aliphatic rings. The van der Waals surface area contributed by atoms with Crippen LogP contribution in [0.5, 0.6) is 0 Å². The van der Waals surface area contributed by atoms with Crippen molar-refractivity contribution in [1.82, 2.24) is 15.1 Å². The Labute approximate surface area is 145 Å². The monoisotopic (exact) mass is 332 g/mol. The third kappa shape index (κ3) is 3.37. The summed E-state index contributed by atoms with van der Waals surface area (Å²) in [6.07, 6.45) is 3.80. The predicted octanol–water partition coefficient (Wildman–Crippen LogP) is 2.29. The highest BCUT2D eigenvalue weighted by Gasteiger charge is 2.38. The first-order valence-electron chi connectivity index (χ1n) is 9.31. The summed E-state index contributed by atoms with van der Waals surface area (Å²) >= 11 is 0. The van der Waals surface area contributed by atoms with E-state index in [1.807, 2.05) is 0 Å². The number of nitrogens with two attached hydrogens (primary N) is 1. The summed E-state index contributed by atoms with van der Waals surface area (Å²) in [5.41, 5.74) is 9.72. The molecule has 3 N–H and O–H groups in total. The lowest BCUT2D eigenvalue weighted by molar-refractivity contribution is -0.140. The molecule has 134 valence electrons. The molecule has 1 saturated heterocycles. The number of aromatic amines is 1. The molecule has 5 nitrogen and oxygen atoms in total. The van der Waals surface area contributed by atoms with Crippen LogP contribution in [-0.4, -0.2) is 40.6 Å². The molecule has 0 radical (unpaired) electrons. The number of nitrogens with zero attached hydrogens (tertiary/aromatic N) is 2. The van der Waals surface area contributed by atoms with Gasteiger partial charge in [0.2, 0.25) is 5.91 Å². The van der Waals surface area contributed by atoms with Crippen molar-refractivity contribution in [3.63, 3.8) is 0 Å². The lowest BCUT2D eigenvalue weighted by atomic mass is 9.73. The lowest BCUT2D eigenvalue weighted by Crippen LogP contribution is -2.51. The summed E-state index contributed by atoms with van der Waals surface area (Å²) in [5.74, 6) is 1.39. The fraction of sp³-hybridized carbons (Fsp3) is 0.789. The topological polar surface area (TPSA) is 75.0 Å². The quantitative estimate of drug-likeness (QED) is 0.872. The highest BCUT2D eigenvalue weighted by molar-refractivity contribution is 5.79. The van der Waals surface area contributed by atoms with E-state index in [1.54, 1.807) is 0 Å². The van der Waals surface area contributed by atoms with E-state index in [4.69, 9.17) is 5.73 Å². The number of likely N-dealkylation sites (tertiary alicyclic amines) is 1. The maximum Gasteiger partial charge on any atom is 0.226 e. The van der Waals surface area contributed by atoms with Crippen molar-refractivity contribution >= 4 is 5.91 Å². The van der Waals surface area contributed by atoms with Crippen molar-refractivity contribution in [2.24, 2.45) is 28.9 Å². The maximum atomic E-state index is 13.2. The average Bonchev–Trinajstić information content (AvgIpc) is 2.93. The zero-order valence-corrected chi connectivity index (χ0v) is 15.6. The van der Waals surface area contributed by atoms with Gasteiger partial charge < -0.3 is 10.6 Å². The van der Waals surface area contributed by atoms with E-state index in [0.717, 1.165) is 50.2 Å². The van der Waals surface area contributed by atoms with Gasteiger partial charge in [0.15, 0.2) is 0 Å². The van der Waals surface area contributed by atoms with Crippen molar-refractivity contribution < 1.29 is 4.79 Å². The molecule has 0 bridgehead atoms. The van der Waals surface area contributed by atoms with Crippen LogP contribution in [0, 0.1) is 30.1 Å². The van der Waals surface area contributed by atoms with Crippen molar-refractivity contribution in [3.8, 4) is 0 Å². The summed E-state index contributed by atoms with van der Waals surface area (Å²) in [6, 6.07) is 0. The molecule has 1 aromatic rings. The van der Waals surface area contributed by atoms with Gasteiger partial charge in [-0.15, -0.1) is 0 Å². The van der Waals surface area contributed by atoms with Crippen LogP contribution in [0.3, 0.4) is 0 Å². The molecule has 0 aromatic carbocycles. The number of piperidine rings is 1. The Morgan fingerprint density at radius 1 is 1.38 bits per heavy atom. The minimum Gasteiger partial charge on any atom is -0.342 e. The first-order valence-corrected chi connectivity index (χ1v) is 9.31. The van der Waals surface area contributed by atoms with Crippen LogP contribution in [0.25, 0.3) is 0 Å². The summed E-state index contributed by atoms with van der Waals surface area (Å²) < 4.78 is 0. The molecule has 1 unspecified atom stereocenters. The smallest absolute Gasteiger partial charge is 0.226 e. The number of amides is 1. The van der Waals surface area contributed by atoms with E-state index in [2.05, 4.69) is 42.8 Å². The first kappa shape index (κ1) is 17.5. The van der Waals surface area contributed by atoms with Gasteiger partial charge in [0, 0.05) is 24.7 Å². The van der Waals surface area contributed by atoms with Gasteiger partial charge >= 0.3 is 0 Å². The van der Waals surface area contributed by atoms with E-state index in [-0.39, 0.29) is 11.3 Å². The summed E-state index contributed by atoms with van der Waals surface area (Å²) in [6.45, 7) is 11.3. The molecule has 1 aliphatic carbocycles. The Balaban J connectivity index is 1.73. The summed E-state index contributed by atoms with van der Waals surface area (Å²) in [4.78, 5) is 15.3. The standard InChI is InChI=1S/C19H32N4O/c1-12-16-8-14(5-6-17(16)22-21-12)18(24)23-10-13(9-20)7-15(11-23)19(2,3)4/h13-15H,5-11,20H2,1-4H3,(H,21,22)/t13-,14?,15-/m1/s1. The predicted molar refractivity (Wildman–Crippen MR) is 95.5 cm³/mol. The molecule has 24 heavy (non-hydrogen) atoms. The van der Waals surface area contributed by atoms with Gasteiger partial charge in [0.25, 0.3) is 0 Å². The number of nitrogens with one attached hydrogen (secondary N) is 1. The highest BCUT2D eigenvalue weighted by Crippen LogP contribution is 2.36. The normalized spacial score (nSPS) is 27.9. The molecule has 3 atom stereocenters. The summed E-state index contributed by atoms with van der Waals surface area (Å²) in [5, 5.41) is 7.44. The Hall–Kier alpha value is -1.36. The van der Waals surface area contributed by atoms with Crippen LogP contribution in [0.2, 0.25) is 0 Å². The molecule has 1 fully saturated rings. The van der Waals surface area contributed by atoms with E-state index < -0.39 is 0 Å². The van der Waals surface area contributed by atoms with Crippen molar-refractivity contribution in [2.75, 3.05) is 19.6 Å². The molecule has 1 amide bonds. The second kappa shape index (κ2) is 6.51. The van der Waals surface area contributed by atoms with Gasteiger partial charge in [-0.25, -0.2) is 0 Å². The van der Waals surface area contributed by atoms with Crippen LogP contribution < -0.4 is 5.73 Å². The van der Waals surface area contributed by atoms with Crippen molar-refractivity contribution in [3.05, 3.63) is 17.0 Å². The first-order chi connectivity index (χ1) is 11.3. The van der Waals surface area contributed by atoms with E-state index >= 15 is 0 Å². The molecule has 0 spiro atoms. The second-order valence-corrected chi connectivity index (χ2v) is 8.86. The third-order valence-corrected chi connectivity index (χ3v) is 6.10. The summed E-state index contributed by atoms with van der Waals surface area (Å²) in [7, 11) is 0. The van der Waals surface area contributed by atoms with E-state index in [1.165, 1.54) is 5.56 Å². The van der Waals surface area contributed by atoms with Gasteiger partial charge in [0.05, 0.1) is 5.69 Å². The van der Waals surface area contributed by atoms with Crippen LogP contribution in [0.1, 0.15) is 50.6 Å². The SMILES string of the molecule is Cc1[nH]nc2c1CC(C(=O)N1C[C@@H](CN)C[C@@H](C(C)(C)C)C1)CC2. The van der Waals surface area contributed by atoms with Crippen LogP contribution in [-0.2, 0) is 17.6 Å². The number of aryl methyl sites for hydroxylation is 2. The number of H-pyrrole nitrogens is 1. The number of hydrogen-bond acceptors (Lipinski definition) is 3. The minimum atomic E-state index is 0.103. The number of carbonyl (C=O) groups is 1. The van der Waals surface area contributed by atoms with Crippen LogP contribution in [0.15, 0.2) is 0 Å². The van der Waals surface area contributed by atoms with Crippen LogP contribution >= 0.6 is 0 Å². The van der Waals surface area contributed by atoms with Gasteiger partial charge in [-0.1, -0.05) is 20.8 Å². The van der Waals surface area contributed by atoms with Gasteiger partial charge in [-0.05, 0) is 62.0 Å². The van der Waals surface area contributed by atoms with Crippen molar-refractivity contribution in [2.45, 2.75) is 53.4 Å². The minimum absolute atomic E-state index is 0.103. The molecular weight excluding hydrogens is 300 g/mol. The Morgan fingerprint density at radius 2 is 2.12 bits per heavy atom. The van der Waals surface area contributed by atoms with E-state index in [9.17, 15) is 4.79 Å². The lowest BCUT2D eigenvalue weighted by Gasteiger charge is -2.44. The van der Waals surface area contributed by atoms with E-state index in [0.29, 0.717) is 24.3 Å². The molecule has 0 saturated carbocycles. The average molecular weight is 332 g/mol. The van der Waals surface area contributed by atoms with Gasteiger partial charge in [-0.3, -0.25) is 9.89 Å². The Bertz CT molecular complexity index is 601. The number of fused-ring (bicyclic) bond motifs is 1. The van der Waals surface area contributed by atoms with Crippen LogP contribution in [0.4, 0.5) is 0 Å². The third-order valence-electron chi connectivity index (χ3n) is 6.10. The largest absolute Gasteiger partial charge is 0.342 e. The van der Waals surface area contributed by atoms with Gasteiger partial charge in [-0.2, -0.15) is 5.10 Å². The molecule has 1 aromatic heterocycles. The number of hydrogen-bond donors (Lipinski definition) is 2. The molecule has 2 heterocycles. The number of rotatable bonds is 2. The fourth-order valence-electron chi connectivity index (χ4n) is 4.29. The highest BCUT2D eigenvalue weighted by atomic mass is 16.2. The zero-order chi connectivity index (χ0) is 17.5. The molecule has 1 aliphatic heterocycles. The fourth-order valence-corrected chi connectivity index (χ4v) is 4.29. The molecule has 3 rings (SSSR count). The number of carbonyl (C=O) groups excluding carboxylic acids is 1. The Kier molecular flexibility index (Phi) is 4.73. The van der Waals surface area contributed by atoms with Gasteiger partial charge in [0.1, 0.15) is 0 Å². The zero-order valence-electron chi connectivity index (χ0n) is 15.6.